The summed E-state index contributed by atoms with van der Waals surface area (Å²) in [6.07, 6.45) is 5.11. The molecule has 152 valence electrons. The molecule has 0 bridgehead atoms. The molecule has 5 nitrogen and oxygen atoms in total. The molecule has 0 atom stereocenters. The van der Waals surface area contributed by atoms with E-state index in [9.17, 15) is 0 Å². The van der Waals surface area contributed by atoms with Crippen LogP contribution in [0.5, 0.6) is 0 Å². The van der Waals surface area contributed by atoms with Gasteiger partial charge in [-0.15, -0.1) is 24.0 Å². The van der Waals surface area contributed by atoms with Crippen LogP contribution in [-0.2, 0) is 10.2 Å². The van der Waals surface area contributed by atoms with Gasteiger partial charge in [0.1, 0.15) is 0 Å². The summed E-state index contributed by atoms with van der Waals surface area (Å²) in [6, 6.07) is 11.0. The smallest absolute Gasteiger partial charge is 0.191 e. The maximum Gasteiger partial charge on any atom is 0.191 e. The third-order valence-corrected chi connectivity index (χ3v) is 5.66. The van der Waals surface area contributed by atoms with Gasteiger partial charge in [0, 0.05) is 38.1 Å². The molecule has 0 unspecified atom stereocenters. The molecule has 1 aromatic rings. The zero-order chi connectivity index (χ0) is 18.1. The molecule has 0 aromatic heterocycles. The maximum absolute atomic E-state index is 5.42. The van der Waals surface area contributed by atoms with Gasteiger partial charge in [0.15, 0.2) is 5.96 Å². The summed E-state index contributed by atoms with van der Waals surface area (Å²) in [4.78, 5) is 7.42. The van der Waals surface area contributed by atoms with Crippen LogP contribution < -0.4 is 10.6 Å². The first-order valence-electron chi connectivity index (χ1n) is 10.2. The van der Waals surface area contributed by atoms with E-state index in [1.54, 1.807) is 0 Å². The van der Waals surface area contributed by atoms with E-state index in [1.165, 1.54) is 31.2 Å². The number of guanidine groups is 1. The molecule has 2 fully saturated rings. The second-order valence-corrected chi connectivity index (χ2v) is 7.43. The van der Waals surface area contributed by atoms with Gasteiger partial charge in [0.05, 0.1) is 19.8 Å². The Kier molecular flexibility index (Phi) is 9.86. The van der Waals surface area contributed by atoms with Crippen molar-refractivity contribution in [1.29, 1.82) is 0 Å². The van der Waals surface area contributed by atoms with Gasteiger partial charge in [-0.05, 0) is 25.3 Å². The summed E-state index contributed by atoms with van der Waals surface area (Å²) in [5, 5.41) is 6.93. The van der Waals surface area contributed by atoms with Crippen LogP contribution in [-0.4, -0.2) is 63.3 Å². The summed E-state index contributed by atoms with van der Waals surface area (Å²) in [5.74, 6) is 0.947. The van der Waals surface area contributed by atoms with Crippen molar-refractivity contribution in [1.82, 2.24) is 15.5 Å². The molecule has 0 amide bonds. The highest BCUT2D eigenvalue weighted by molar-refractivity contribution is 14.0. The molecule has 1 aliphatic carbocycles. The van der Waals surface area contributed by atoms with Gasteiger partial charge in [-0.2, -0.15) is 0 Å². The number of rotatable bonds is 7. The van der Waals surface area contributed by atoms with Crippen LogP contribution in [0.25, 0.3) is 0 Å². The van der Waals surface area contributed by atoms with Gasteiger partial charge in [-0.1, -0.05) is 43.2 Å². The van der Waals surface area contributed by atoms with Gasteiger partial charge in [0.25, 0.3) is 0 Å². The molecule has 1 saturated heterocycles. The zero-order valence-corrected chi connectivity index (χ0v) is 18.9. The first-order chi connectivity index (χ1) is 12.8. The van der Waals surface area contributed by atoms with E-state index < -0.39 is 0 Å². The zero-order valence-electron chi connectivity index (χ0n) is 16.6. The highest BCUT2D eigenvalue weighted by atomic mass is 127. The number of benzene rings is 1. The number of hydrogen-bond donors (Lipinski definition) is 2. The lowest BCUT2D eigenvalue weighted by Crippen LogP contribution is -2.44. The molecule has 0 spiro atoms. The summed E-state index contributed by atoms with van der Waals surface area (Å²) >= 11 is 0. The molecular formula is C21H35IN4O. The van der Waals surface area contributed by atoms with Crippen molar-refractivity contribution >= 4 is 29.9 Å². The fourth-order valence-corrected chi connectivity index (χ4v) is 4.11. The normalized spacial score (nSPS) is 20.1. The van der Waals surface area contributed by atoms with E-state index in [-0.39, 0.29) is 29.4 Å². The van der Waals surface area contributed by atoms with Crippen LogP contribution in [0.3, 0.4) is 0 Å². The molecule has 2 N–H and O–H groups in total. The minimum absolute atomic E-state index is 0. The van der Waals surface area contributed by atoms with Gasteiger partial charge in [-0.25, -0.2) is 0 Å². The lowest BCUT2D eigenvalue weighted by molar-refractivity contribution is 0.0389. The fourth-order valence-electron chi connectivity index (χ4n) is 4.11. The monoisotopic (exact) mass is 486 g/mol. The number of halogens is 1. The average molecular weight is 486 g/mol. The van der Waals surface area contributed by atoms with Crippen molar-refractivity contribution in [2.45, 2.75) is 38.0 Å². The van der Waals surface area contributed by atoms with Crippen LogP contribution in [0.15, 0.2) is 35.3 Å². The summed E-state index contributed by atoms with van der Waals surface area (Å²) in [5.41, 5.74) is 1.67. The highest BCUT2D eigenvalue weighted by Crippen LogP contribution is 2.41. The topological polar surface area (TPSA) is 48.9 Å². The first-order valence-corrected chi connectivity index (χ1v) is 10.2. The quantitative estimate of drug-likeness (QED) is 0.354. The largest absolute Gasteiger partial charge is 0.379 e. The molecular weight excluding hydrogens is 451 g/mol. The second-order valence-electron chi connectivity index (χ2n) is 7.43. The number of ether oxygens (including phenoxy) is 1. The Balaban J connectivity index is 0.00000261. The number of nitrogens with zero attached hydrogens (tertiary/aromatic N) is 2. The molecule has 1 aromatic carbocycles. The average Bonchev–Trinajstić information content (AvgIpc) is 3.18. The van der Waals surface area contributed by atoms with E-state index >= 15 is 0 Å². The Labute approximate surface area is 181 Å². The number of hydrogen-bond acceptors (Lipinski definition) is 3. The fraction of sp³-hybridized carbons (Fsp3) is 0.667. The number of aliphatic imine (C=N–C) groups is 1. The van der Waals surface area contributed by atoms with E-state index in [4.69, 9.17) is 9.73 Å². The van der Waals surface area contributed by atoms with Gasteiger partial charge in [-0.3, -0.25) is 9.89 Å². The van der Waals surface area contributed by atoms with E-state index in [1.807, 2.05) is 0 Å². The molecule has 1 heterocycles. The maximum atomic E-state index is 5.42. The number of nitrogens with one attached hydrogen (secondary N) is 2. The van der Waals surface area contributed by atoms with E-state index in [0.29, 0.717) is 0 Å². The van der Waals surface area contributed by atoms with Crippen molar-refractivity contribution in [2.75, 3.05) is 52.5 Å². The summed E-state index contributed by atoms with van der Waals surface area (Å²) < 4.78 is 5.42. The lowest BCUT2D eigenvalue weighted by atomic mass is 9.79. The number of morpholine rings is 1. The Bertz CT molecular complexity index is 555. The van der Waals surface area contributed by atoms with Crippen LogP contribution in [0, 0.1) is 0 Å². The van der Waals surface area contributed by atoms with Crippen LogP contribution in [0.4, 0.5) is 0 Å². The highest BCUT2D eigenvalue weighted by Gasteiger charge is 2.35. The standard InChI is InChI=1S/C21H34N4O.HI/c1-2-22-20(23-12-13-25-14-16-26-17-15-25)24-18-21(10-6-7-11-21)19-8-4-3-5-9-19;/h3-5,8-9H,2,6-7,10-18H2,1H3,(H2,22,23,24);1H. The predicted molar refractivity (Wildman–Crippen MR) is 123 cm³/mol. The molecule has 1 aliphatic heterocycles. The van der Waals surface area contributed by atoms with Crippen LogP contribution in [0.1, 0.15) is 38.2 Å². The second kappa shape index (κ2) is 11.9. The van der Waals surface area contributed by atoms with Gasteiger partial charge >= 0.3 is 0 Å². The Morgan fingerprint density at radius 3 is 2.48 bits per heavy atom. The minimum atomic E-state index is 0. The van der Waals surface area contributed by atoms with Crippen molar-refractivity contribution < 1.29 is 4.74 Å². The van der Waals surface area contributed by atoms with Crippen LogP contribution >= 0.6 is 24.0 Å². The van der Waals surface area contributed by atoms with E-state index in [0.717, 1.165) is 58.4 Å². The third kappa shape index (κ3) is 6.61. The Hall–Kier alpha value is -0.860. The van der Waals surface area contributed by atoms with Crippen molar-refractivity contribution in [3.05, 3.63) is 35.9 Å². The van der Waals surface area contributed by atoms with Crippen molar-refractivity contribution in [3.8, 4) is 0 Å². The SMILES string of the molecule is CCNC(=NCC1(c2ccccc2)CCCC1)NCCN1CCOCC1.I. The predicted octanol–water partition coefficient (Wildman–Crippen LogP) is 3.00. The Morgan fingerprint density at radius 1 is 1.11 bits per heavy atom. The molecule has 2 aliphatic rings. The molecule has 0 radical (unpaired) electrons. The van der Waals surface area contributed by atoms with Gasteiger partial charge in [0.2, 0.25) is 0 Å². The minimum Gasteiger partial charge on any atom is -0.379 e. The molecule has 27 heavy (non-hydrogen) atoms. The van der Waals surface area contributed by atoms with Crippen molar-refractivity contribution in [2.24, 2.45) is 4.99 Å². The van der Waals surface area contributed by atoms with Crippen LogP contribution in [0.2, 0.25) is 0 Å². The van der Waals surface area contributed by atoms with Gasteiger partial charge < -0.3 is 15.4 Å². The third-order valence-electron chi connectivity index (χ3n) is 5.66. The summed E-state index contributed by atoms with van der Waals surface area (Å²) in [7, 11) is 0. The first kappa shape index (κ1) is 22.4. The molecule has 1 saturated carbocycles. The molecule has 6 heteroatoms. The molecule has 3 rings (SSSR count). The Morgan fingerprint density at radius 2 is 1.81 bits per heavy atom. The van der Waals surface area contributed by atoms with E-state index in [2.05, 4.69) is 52.8 Å². The lowest BCUT2D eigenvalue weighted by Gasteiger charge is -2.29. The van der Waals surface area contributed by atoms with Crippen molar-refractivity contribution in [3.63, 3.8) is 0 Å². The summed E-state index contributed by atoms with van der Waals surface area (Å²) in [6.45, 7) is 9.62.